The highest BCUT2D eigenvalue weighted by molar-refractivity contribution is 5.76. The van der Waals surface area contributed by atoms with Gasteiger partial charge in [0.25, 0.3) is 0 Å². The van der Waals surface area contributed by atoms with Crippen molar-refractivity contribution >= 4 is 5.91 Å². The molecule has 0 saturated carbocycles. The molecule has 9 nitrogen and oxygen atoms in total. The predicted octanol–water partition coefficient (Wildman–Crippen LogP) is 12.1. The molecule has 0 spiro atoms. The van der Waals surface area contributed by atoms with Crippen LogP contribution in [0.25, 0.3) is 0 Å². The SMILES string of the molecule is CCCCCCCCCCCCCC/C=C\CCCCCCCCCCCCC(=O)NC(COC1OC(CO)C(O)C(O)C1O)C(O)CCCCCCCCCCCCCC. The number of hydrogen-bond donors (Lipinski definition) is 6. The third-order valence-corrected chi connectivity index (χ3v) is 12.9. The van der Waals surface area contributed by atoms with Gasteiger partial charge in [-0.2, -0.15) is 0 Å². The lowest BCUT2D eigenvalue weighted by atomic mass is 9.99. The normalized spacial score (nSPS) is 20.4. The smallest absolute Gasteiger partial charge is 0.220 e. The second-order valence-corrected chi connectivity index (χ2v) is 18.7. The summed E-state index contributed by atoms with van der Waals surface area (Å²) in [6.07, 6.45) is 43.8. The van der Waals surface area contributed by atoms with E-state index in [1.165, 1.54) is 193 Å². The first-order valence-corrected chi connectivity index (χ1v) is 26.4. The Morgan fingerprint density at radius 3 is 1.33 bits per heavy atom. The maximum Gasteiger partial charge on any atom is 0.220 e. The van der Waals surface area contributed by atoms with E-state index in [-0.39, 0.29) is 12.5 Å². The summed E-state index contributed by atoms with van der Waals surface area (Å²) in [5, 5.41) is 54.4. The molecule has 0 bridgehead atoms. The van der Waals surface area contributed by atoms with Crippen LogP contribution in [0, 0.1) is 0 Å². The molecule has 61 heavy (non-hydrogen) atoms. The summed E-state index contributed by atoms with van der Waals surface area (Å²) in [5.74, 6) is -0.143. The fourth-order valence-corrected chi connectivity index (χ4v) is 8.63. The minimum Gasteiger partial charge on any atom is -0.394 e. The average Bonchev–Trinajstić information content (AvgIpc) is 3.26. The zero-order valence-corrected chi connectivity index (χ0v) is 39.9. The van der Waals surface area contributed by atoms with E-state index >= 15 is 0 Å². The third-order valence-electron chi connectivity index (χ3n) is 12.9. The molecule has 362 valence electrons. The number of nitrogens with one attached hydrogen (secondary N) is 1. The number of ether oxygens (including phenoxy) is 2. The number of aliphatic hydroxyl groups is 5. The Labute approximate surface area is 376 Å². The van der Waals surface area contributed by atoms with Crippen molar-refractivity contribution in [2.24, 2.45) is 0 Å². The van der Waals surface area contributed by atoms with Gasteiger partial charge in [-0.15, -0.1) is 0 Å². The second kappa shape index (κ2) is 42.9. The van der Waals surface area contributed by atoms with Gasteiger partial charge in [0, 0.05) is 6.42 Å². The summed E-state index contributed by atoms with van der Waals surface area (Å²) in [6.45, 7) is 3.85. The quantitative estimate of drug-likeness (QED) is 0.0262. The molecule has 1 rings (SSSR count). The molecular weight excluding hydrogens is 767 g/mol. The van der Waals surface area contributed by atoms with Crippen molar-refractivity contribution < 1.29 is 39.8 Å². The lowest BCUT2D eigenvalue weighted by Gasteiger charge is -2.40. The van der Waals surface area contributed by atoms with Gasteiger partial charge in [-0.1, -0.05) is 225 Å². The highest BCUT2D eigenvalue weighted by atomic mass is 16.7. The number of amides is 1. The number of aliphatic hydroxyl groups excluding tert-OH is 5. The first-order valence-electron chi connectivity index (χ1n) is 26.4. The summed E-state index contributed by atoms with van der Waals surface area (Å²) in [5.41, 5.74) is 0. The van der Waals surface area contributed by atoms with Crippen LogP contribution in [0.4, 0.5) is 0 Å². The summed E-state index contributed by atoms with van der Waals surface area (Å²) >= 11 is 0. The van der Waals surface area contributed by atoms with E-state index in [9.17, 15) is 30.3 Å². The van der Waals surface area contributed by atoms with Crippen LogP contribution in [-0.4, -0.2) is 87.5 Å². The Balaban J connectivity index is 2.18. The Kier molecular flexibility index (Phi) is 40.7. The molecule has 1 aliphatic rings. The van der Waals surface area contributed by atoms with Crippen molar-refractivity contribution in [1.82, 2.24) is 5.32 Å². The van der Waals surface area contributed by atoms with Crippen LogP contribution in [0.5, 0.6) is 0 Å². The van der Waals surface area contributed by atoms with Gasteiger partial charge < -0.3 is 40.3 Å². The van der Waals surface area contributed by atoms with Crippen LogP contribution in [0.3, 0.4) is 0 Å². The van der Waals surface area contributed by atoms with Crippen molar-refractivity contribution in [3.63, 3.8) is 0 Å². The minimum absolute atomic E-state index is 0.135. The molecule has 0 radical (unpaired) electrons. The average molecular weight is 868 g/mol. The fourth-order valence-electron chi connectivity index (χ4n) is 8.63. The van der Waals surface area contributed by atoms with Crippen molar-refractivity contribution in [3.8, 4) is 0 Å². The number of rotatable bonds is 45. The fraction of sp³-hybridized carbons (Fsp3) is 0.942. The lowest BCUT2D eigenvalue weighted by Crippen LogP contribution is -2.60. The molecule has 0 aromatic heterocycles. The maximum atomic E-state index is 13.0. The summed E-state index contributed by atoms with van der Waals surface area (Å²) < 4.78 is 11.3. The third kappa shape index (κ3) is 33.1. The van der Waals surface area contributed by atoms with E-state index in [4.69, 9.17) is 9.47 Å². The largest absolute Gasteiger partial charge is 0.394 e. The molecule has 1 saturated heterocycles. The molecule has 1 amide bonds. The lowest BCUT2D eigenvalue weighted by molar-refractivity contribution is -0.302. The topological polar surface area (TPSA) is 149 Å². The van der Waals surface area contributed by atoms with E-state index in [0.29, 0.717) is 12.8 Å². The first kappa shape index (κ1) is 57.9. The standard InChI is InChI=1S/C52H101NO8/c1-3-5-7-9-11-13-15-17-18-19-20-21-22-23-24-25-26-27-28-29-30-32-34-36-38-40-42-48(56)53-45(44-60-52-51(59)50(58)49(57)47(43-54)61-52)46(55)41-39-37-35-33-31-16-14-12-10-8-6-4-2/h23-24,45-47,49-52,54-55,57-59H,3-22,25-44H2,1-2H3,(H,53,56)/b24-23-. The molecule has 7 unspecified atom stereocenters. The van der Waals surface area contributed by atoms with Crippen molar-refractivity contribution in [2.45, 2.75) is 301 Å². The van der Waals surface area contributed by atoms with Crippen molar-refractivity contribution in [3.05, 3.63) is 12.2 Å². The molecular formula is C52H101NO8. The van der Waals surface area contributed by atoms with E-state index in [2.05, 4.69) is 31.3 Å². The molecule has 7 atom stereocenters. The van der Waals surface area contributed by atoms with Gasteiger partial charge in [0.2, 0.25) is 5.91 Å². The molecule has 1 aliphatic heterocycles. The summed E-state index contributed by atoms with van der Waals surface area (Å²) in [6, 6.07) is -0.715. The molecule has 9 heteroatoms. The molecule has 0 aliphatic carbocycles. The van der Waals surface area contributed by atoms with Crippen LogP contribution >= 0.6 is 0 Å². The van der Waals surface area contributed by atoms with E-state index in [1.54, 1.807) is 0 Å². The highest BCUT2D eigenvalue weighted by Gasteiger charge is 2.44. The number of hydrogen-bond acceptors (Lipinski definition) is 8. The van der Waals surface area contributed by atoms with Gasteiger partial charge in [-0.3, -0.25) is 4.79 Å². The van der Waals surface area contributed by atoms with Gasteiger partial charge in [-0.25, -0.2) is 0 Å². The van der Waals surface area contributed by atoms with E-state index in [1.807, 2.05) is 0 Å². The van der Waals surface area contributed by atoms with E-state index < -0.39 is 49.5 Å². The Morgan fingerprint density at radius 2 is 0.918 bits per heavy atom. The molecule has 0 aromatic rings. The number of carbonyl (C=O) groups excluding carboxylic acids is 1. The van der Waals surface area contributed by atoms with Crippen LogP contribution in [0.1, 0.15) is 258 Å². The zero-order valence-electron chi connectivity index (χ0n) is 39.9. The Hall–Kier alpha value is -1.07. The van der Waals surface area contributed by atoms with Crippen LogP contribution < -0.4 is 5.32 Å². The van der Waals surface area contributed by atoms with Gasteiger partial charge in [0.1, 0.15) is 24.4 Å². The molecule has 1 fully saturated rings. The Morgan fingerprint density at radius 1 is 0.541 bits per heavy atom. The number of carbonyl (C=O) groups is 1. The first-order chi connectivity index (χ1) is 29.8. The monoisotopic (exact) mass is 868 g/mol. The molecule has 6 N–H and O–H groups in total. The van der Waals surface area contributed by atoms with Gasteiger partial charge >= 0.3 is 0 Å². The minimum atomic E-state index is -1.55. The molecule has 0 aromatic carbocycles. The van der Waals surface area contributed by atoms with Crippen LogP contribution in [-0.2, 0) is 14.3 Å². The van der Waals surface area contributed by atoms with Gasteiger partial charge in [0.05, 0.1) is 25.4 Å². The van der Waals surface area contributed by atoms with Crippen molar-refractivity contribution in [1.29, 1.82) is 0 Å². The Bertz CT molecular complexity index is 966. The second-order valence-electron chi connectivity index (χ2n) is 18.7. The maximum absolute atomic E-state index is 13.0. The summed E-state index contributed by atoms with van der Waals surface area (Å²) in [4.78, 5) is 13.0. The van der Waals surface area contributed by atoms with E-state index in [0.717, 1.165) is 38.5 Å². The zero-order chi connectivity index (χ0) is 44.4. The van der Waals surface area contributed by atoms with Crippen LogP contribution in [0.15, 0.2) is 12.2 Å². The molecule has 1 heterocycles. The number of allylic oxidation sites excluding steroid dienone is 2. The predicted molar refractivity (Wildman–Crippen MR) is 254 cm³/mol. The highest BCUT2D eigenvalue weighted by Crippen LogP contribution is 2.23. The van der Waals surface area contributed by atoms with Gasteiger partial charge in [0.15, 0.2) is 6.29 Å². The summed E-state index contributed by atoms with van der Waals surface area (Å²) in [7, 11) is 0. The van der Waals surface area contributed by atoms with Gasteiger partial charge in [-0.05, 0) is 38.5 Å². The number of unbranched alkanes of at least 4 members (excludes halogenated alkanes) is 33. The van der Waals surface area contributed by atoms with Crippen molar-refractivity contribution in [2.75, 3.05) is 13.2 Å². The van der Waals surface area contributed by atoms with Crippen LogP contribution in [0.2, 0.25) is 0 Å².